The van der Waals surface area contributed by atoms with Gasteiger partial charge in [-0.2, -0.15) is 5.26 Å². The van der Waals surface area contributed by atoms with Gasteiger partial charge in [0.15, 0.2) is 0 Å². The van der Waals surface area contributed by atoms with Crippen LogP contribution in [-0.2, 0) is 14.3 Å². The van der Waals surface area contributed by atoms with Crippen molar-refractivity contribution in [3.8, 4) is 17.2 Å². The number of aromatic nitrogens is 1. The van der Waals surface area contributed by atoms with E-state index in [1.165, 1.54) is 17.9 Å². The topological polar surface area (TPSA) is 105 Å². The Balaban J connectivity index is 0.000000254. The third-order valence-corrected chi connectivity index (χ3v) is 5.79. The lowest BCUT2D eigenvalue weighted by molar-refractivity contribution is -0.119. The Morgan fingerprint density at radius 2 is 2.12 bits per heavy atom. The SMILES string of the molecule is CC(=O)NCC1CN(c2ccc(-c3cccnc3)c(F)c2)C(=O)O1.N#CC1[C@H]2COC[C@@H]12. The molecular formula is C23H23FN4O4. The normalized spacial score (nSPS) is 25.2. The highest BCUT2D eigenvalue weighted by atomic mass is 19.1. The first-order chi connectivity index (χ1) is 15.5. The maximum Gasteiger partial charge on any atom is 0.414 e. The number of amides is 2. The van der Waals surface area contributed by atoms with Gasteiger partial charge >= 0.3 is 6.09 Å². The summed E-state index contributed by atoms with van der Waals surface area (Å²) in [5.41, 5.74) is 1.48. The van der Waals surface area contributed by atoms with Crippen LogP contribution in [0.3, 0.4) is 0 Å². The number of carbonyl (C=O) groups excluding carboxylic acids is 2. The molecule has 2 saturated heterocycles. The molecule has 0 radical (unpaired) electrons. The van der Waals surface area contributed by atoms with E-state index < -0.39 is 18.0 Å². The fourth-order valence-electron chi connectivity index (χ4n) is 3.96. The molecule has 166 valence electrons. The number of pyridine rings is 1. The highest BCUT2D eigenvalue weighted by molar-refractivity contribution is 5.90. The van der Waals surface area contributed by atoms with Crippen molar-refractivity contribution in [2.45, 2.75) is 13.0 Å². The summed E-state index contributed by atoms with van der Waals surface area (Å²) in [5.74, 6) is 0.929. The number of carbonyl (C=O) groups is 2. The largest absolute Gasteiger partial charge is 0.442 e. The van der Waals surface area contributed by atoms with Crippen molar-refractivity contribution >= 4 is 17.7 Å². The van der Waals surface area contributed by atoms with Crippen molar-refractivity contribution in [3.63, 3.8) is 0 Å². The highest BCUT2D eigenvalue weighted by Gasteiger charge is 2.54. The van der Waals surface area contributed by atoms with E-state index in [4.69, 9.17) is 14.7 Å². The number of rotatable bonds is 4. The molecule has 1 saturated carbocycles. The molecule has 8 nitrogen and oxygen atoms in total. The van der Waals surface area contributed by atoms with Crippen LogP contribution in [0.1, 0.15) is 6.92 Å². The predicted octanol–water partition coefficient (Wildman–Crippen LogP) is 2.75. The number of anilines is 1. The summed E-state index contributed by atoms with van der Waals surface area (Å²) in [6.45, 7) is 3.55. The molecule has 3 fully saturated rings. The van der Waals surface area contributed by atoms with Crippen LogP contribution in [0.2, 0.25) is 0 Å². The average Bonchev–Trinajstić information content (AvgIpc) is 3.09. The van der Waals surface area contributed by atoms with Gasteiger partial charge in [-0.25, -0.2) is 9.18 Å². The van der Waals surface area contributed by atoms with Gasteiger partial charge in [-0.3, -0.25) is 14.7 Å². The first kappa shape index (κ1) is 21.7. The molecule has 32 heavy (non-hydrogen) atoms. The average molecular weight is 438 g/mol. The molecule has 1 N–H and O–H groups in total. The van der Waals surface area contributed by atoms with Gasteiger partial charge in [-0.1, -0.05) is 6.07 Å². The Bertz CT molecular complexity index is 1030. The summed E-state index contributed by atoms with van der Waals surface area (Å²) in [4.78, 5) is 28.2. The molecule has 2 amide bonds. The molecule has 2 aliphatic heterocycles. The van der Waals surface area contributed by atoms with Gasteiger partial charge in [0.2, 0.25) is 5.91 Å². The molecule has 2 aromatic rings. The number of hydrogen-bond acceptors (Lipinski definition) is 6. The second kappa shape index (κ2) is 9.32. The molecule has 0 spiro atoms. The minimum Gasteiger partial charge on any atom is -0.442 e. The van der Waals surface area contributed by atoms with Crippen LogP contribution in [-0.4, -0.2) is 49.4 Å². The van der Waals surface area contributed by atoms with Crippen LogP contribution in [0.25, 0.3) is 11.1 Å². The zero-order valence-electron chi connectivity index (χ0n) is 17.5. The molecule has 1 aliphatic carbocycles. The lowest BCUT2D eigenvalue weighted by atomic mass is 10.1. The number of nitrogens with zero attached hydrogens (tertiary/aromatic N) is 3. The van der Waals surface area contributed by atoms with Gasteiger partial charge in [0.25, 0.3) is 0 Å². The maximum absolute atomic E-state index is 14.4. The maximum atomic E-state index is 14.4. The van der Waals surface area contributed by atoms with Crippen LogP contribution >= 0.6 is 0 Å². The van der Waals surface area contributed by atoms with Gasteiger partial charge < -0.3 is 14.8 Å². The van der Waals surface area contributed by atoms with Crippen LogP contribution in [0.4, 0.5) is 14.9 Å². The Morgan fingerprint density at radius 1 is 1.34 bits per heavy atom. The summed E-state index contributed by atoms with van der Waals surface area (Å²) in [6, 6.07) is 10.3. The van der Waals surface area contributed by atoms with E-state index in [0.29, 0.717) is 34.6 Å². The van der Waals surface area contributed by atoms with Crippen molar-refractivity contribution < 1.29 is 23.5 Å². The first-order valence-electron chi connectivity index (χ1n) is 10.4. The number of hydrogen-bond donors (Lipinski definition) is 1. The fraction of sp³-hybridized carbons (Fsp3) is 0.391. The Hall–Kier alpha value is -3.51. The number of fused-ring (bicyclic) bond motifs is 1. The smallest absolute Gasteiger partial charge is 0.414 e. The van der Waals surface area contributed by atoms with Gasteiger partial charge in [-0.15, -0.1) is 0 Å². The Labute approximate surface area is 184 Å². The predicted molar refractivity (Wildman–Crippen MR) is 113 cm³/mol. The van der Waals surface area contributed by atoms with Crippen molar-refractivity contribution in [1.82, 2.24) is 10.3 Å². The molecular weight excluding hydrogens is 415 g/mol. The third kappa shape index (κ3) is 4.70. The molecule has 3 aliphatic rings. The van der Waals surface area contributed by atoms with Crippen LogP contribution < -0.4 is 10.2 Å². The van der Waals surface area contributed by atoms with E-state index in [-0.39, 0.29) is 19.0 Å². The van der Waals surface area contributed by atoms with Gasteiger partial charge in [-0.05, 0) is 24.3 Å². The number of nitriles is 1. The van der Waals surface area contributed by atoms with Crippen molar-refractivity contribution in [2.75, 3.05) is 31.2 Å². The summed E-state index contributed by atoms with van der Waals surface area (Å²) in [7, 11) is 0. The van der Waals surface area contributed by atoms with Crippen LogP contribution in [0.5, 0.6) is 0 Å². The lowest BCUT2D eigenvalue weighted by Gasteiger charge is -2.14. The number of halogens is 1. The molecule has 4 atom stereocenters. The molecule has 0 bridgehead atoms. The van der Waals surface area contributed by atoms with E-state index >= 15 is 0 Å². The van der Waals surface area contributed by atoms with Crippen molar-refractivity contribution in [2.24, 2.45) is 17.8 Å². The van der Waals surface area contributed by atoms with Gasteiger partial charge in [0, 0.05) is 42.3 Å². The second-order valence-electron chi connectivity index (χ2n) is 7.98. The Kier molecular flexibility index (Phi) is 6.32. The summed E-state index contributed by atoms with van der Waals surface area (Å²) in [5, 5.41) is 11.0. The minimum absolute atomic E-state index is 0.198. The summed E-state index contributed by atoms with van der Waals surface area (Å²) >= 11 is 0. The number of ether oxygens (including phenoxy) is 2. The minimum atomic E-state index is -0.557. The molecule has 2 unspecified atom stereocenters. The number of benzene rings is 1. The van der Waals surface area contributed by atoms with Gasteiger partial charge in [0.1, 0.15) is 11.9 Å². The van der Waals surface area contributed by atoms with E-state index in [9.17, 15) is 14.0 Å². The van der Waals surface area contributed by atoms with Gasteiger partial charge in [0.05, 0.1) is 44.0 Å². The third-order valence-electron chi connectivity index (χ3n) is 5.79. The lowest BCUT2D eigenvalue weighted by Crippen LogP contribution is -2.33. The molecule has 1 aromatic carbocycles. The number of cyclic esters (lactones) is 1. The zero-order chi connectivity index (χ0) is 22.7. The monoisotopic (exact) mass is 438 g/mol. The zero-order valence-corrected chi connectivity index (χ0v) is 17.5. The fourth-order valence-corrected chi connectivity index (χ4v) is 3.96. The molecule has 5 rings (SSSR count). The van der Waals surface area contributed by atoms with E-state index in [1.807, 2.05) is 0 Å². The van der Waals surface area contributed by atoms with E-state index in [2.05, 4.69) is 16.4 Å². The second-order valence-corrected chi connectivity index (χ2v) is 7.98. The summed E-state index contributed by atoms with van der Waals surface area (Å²) < 4.78 is 24.7. The van der Waals surface area contributed by atoms with Crippen molar-refractivity contribution in [1.29, 1.82) is 5.26 Å². The molecule has 3 heterocycles. The molecule has 9 heteroatoms. The molecule has 1 aromatic heterocycles. The van der Waals surface area contributed by atoms with E-state index in [0.717, 1.165) is 13.2 Å². The Morgan fingerprint density at radius 3 is 2.72 bits per heavy atom. The van der Waals surface area contributed by atoms with Crippen LogP contribution in [0.15, 0.2) is 42.7 Å². The van der Waals surface area contributed by atoms with E-state index in [1.54, 1.807) is 36.7 Å². The standard InChI is InChI=1S/C17H16FN3O3.C6H7NO/c1-11(22)20-9-14-10-21(17(23)24-14)13-4-5-15(16(18)7-13)12-3-2-6-19-8-12;7-1-4-5-2-8-3-6(4)5/h2-8,14H,9-10H2,1H3,(H,20,22);4-6H,2-3H2/t;4?,5-,6+. The van der Waals surface area contributed by atoms with Crippen molar-refractivity contribution in [3.05, 3.63) is 48.5 Å². The summed E-state index contributed by atoms with van der Waals surface area (Å²) in [6.07, 6.45) is 2.18. The number of nitrogens with one attached hydrogen (secondary N) is 1. The highest BCUT2D eigenvalue weighted by Crippen LogP contribution is 2.49. The quantitative estimate of drug-likeness (QED) is 0.787. The van der Waals surface area contributed by atoms with Crippen LogP contribution in [0, 0.1) is 34.9 Å². The first-order valence-corrected chi connectivity index (χ1v) is 10.4.